The van der Waals surface area contributed by atoms with Crippen molar-refractivity contribution in [2.45, 2.75) is 20.3 Å². The molecule has 204 valence electrons. The number of rotatable bonds is 16. The van der Waals surface area contributed by atoms with Gasteiger partial charge in [-0.3, -0.25) is 0 Å². The minimum Gasteiger partial charge on any atom is -0.477 e. The zero-order chi connectivity index (χ0) is 27.3. The fourth-order valence-corrected chi connectivity index (χ4v) is 6.21. The first-order chi connectivity index (χ1) is 18.4. The minimum absolute atomic E-state index is 0.165. The molecule has 0 fully saturated rings. The number of esters is 1. The van der Waals surface area contributed by atoms with Gasteiger partial charge in [-0.25, -0.2) is 14.0 Å². The van der Waals surface area contributed by atoms with Crippen molar-refractivity contribution < 1.29 is 23.1 Å². The Morgan fingerprint density at radius 1 is 0.974 bits per heavy atom. The van der Waals surface area contributed by atoms with Crippen molar-refractivity contribution in [3.8, 4) is 17.0 Å². The van der Waals surface area contributed by atoms with Crippen molar-refractivity contribution in [2.75, 3.05) is 47.7 Å². The Kier molecular flexibility index (Phi) is 12.6. The number of aryl methyl sites for hydroxylation is 1. The normalized spacial score (nSPS) is 11.0. The van der Waals surface area contributed by atoms with Gasteiger partial charge in [0.25, 0.3) is 0 Å². The first-order valence-electron chi connectivity index (χ1n) is 12.3. The standard InChI is InChI=1S/C28H32FNO5S3/c1-4-20-5-7-22(24(29)17-20)23-18-21-6-8-25(30-26(21)35-28(23)32)33-9-11-36-13-15-38-16-14-37-12-10-34-27(31)19(2)3/h5-8,17-18H,2,4,9-16H2,1,3H3. The molecule has 0 atom stereocenters. The van der Waals surface area contributed by atoms with Gasteiger partial charge in [-0.15, -0.1) is 0 Å². The predicted molar refractivity (Wildman–Crippen MR) is 158 cm³/mol. The van der Waals surface area contributed by atoms with Crippen molar-refractivity contribution in [3.05, 3.63) is 70.4 Å². The van der Waals surface area contributed by atoms with Crippen molar-refractivity contribution in [1.82, 2.24) is 4.98 Å². The van der Waals surface area contributed by atoms with E-state index < -0.39 is 11.4 Å². The van der Waals surface area contributed by atoms with Gasteiger partial charge in [0.1, 0.15) is 12.4 Å². The summed E-state index contributed by atoms with van der Waals surface area (Å²) >= 11 is 5.48. The molecule has 3 rings (SSSR count). The molecule has 6 nitrogen and oxygen atoms in total. The van der Waals surface area contributed by atoms with Crippen molar-refractivity contribution in [1.29, 1.82) is 0 Å². The van der Waals surface area contributed by atoms with Gasteiger partial charge in [0.05, 0.1) is 12.2 Å². The van der Waals surface area contributed by atoms with Crippen LogP contribution in [-0.2, 0) is 16.0 Å². The number of hydrogen-bond donors (Lipinski definition) is 0. The maximum atomic E-state index is 14.5. The van der Waals surface area contributed by atoms with E-state index >= 15 is 0 Å². The largest absolute Gasteiger partial charge is 0.477 e. The maximum absolute atomic E-state index is 14.5. The van der Waals surface area contributed by atoms with Gasteiger partial charge in [-0.2, -0.15) is 40.3 Å². The third kappa shape index (κ3) is 9.39. The topological polar surface area (TPSA) is 78.6 Å². The molecule has 0 bridgehead atoms. The van der Waals surface area contributed by atoms with E-state index in [1.54, 1.807) is 54.7 Å². The molecular weight excluding hydrogens is 546 g/mol. The molecule has 2 heterocycles. The van der Waals surface area contributed by atoms with Crippen LogP contribution < -0.4 is 10.4 Å². The number of carbonyl (C=O) groups excluding carboxylic acids is 1. The summed E-state index contributed by atoms with van der Waals surface area (Å²) in [6.07, 6.45) is 0.714. The average molecular weight is 578 g/mol. The summed E-state index contributed by atoms with van der Waals surface area (Å²) in [6.45, 7) is 8.06. The highest BCUT2D eigenvalue weighted by Gasteiger charge is 2.14. The van der Waals surface area contributed by atoms with Crippen molar-refractivity contribution in [3.63, 3.8) is 0 Å². The molecule has 2 aromatic heterocycles. The molecule has 0 amide bonds. The molecule has 0 spiro atoms. The third-order valence-corrected chi connectivity index (χ3v) is 8.73. The number of halogens is 1. The summed E-state index contributed by atoms with van der Waals surface area (Å²) in [4.78, 5) is 28.1. The second kappa shape index (κ2) is 15.9. The summed E-state index contributed by atoms with van der Waals surface area (Å²) in [6, 6.07) is 9.95. The average Bonchev–Trinajstić information content (AvgIpc) is 2.90. The van der Waals surface area contributed by atoms with Gasteiger partial charge in [-0.05, 0) is 37.1 Å². The fraction of sp³-hybridized carbons (Fsp3) is 0.393. The highest BCUT2D eigenvalue weighted by atomic mass is 32.2. The molecule has 0 aliphatic rings. The number of fused-ring (bicyclic) bond motifs is 1. The van der Waals surface area contributed by atoms with Crippen LogP contribution in [0.2, 0.25) is 0 Å². The SMILES string of the molecule is C=C(C)C(=O)OCCSCCSCCSCCOc1ccc2cc(-c3ccc(CC)cc3F)c(=O)oc2n1. The van der Waals surface area contributed by atoms with Gasteiger partial charge < -0.3 is 13.9 Å². The molecule has 0 aliphatic heterocycles. The third-order valence-electron chi connectivity index (χ3n) is 5.34. The van der Waals surface area contributed by atoms with E-state index in [9.17, 15) is 14.0 Å². The summed E-state index contributed by atoms with van der Waals surface area (Å²) in [5.74, 6) is 5.38. The summed E-state index contributed by atoms with van der Waals surface area (Å²) in [5, 5.41) is 0.600. The van der Waals surface area contributed by atoms with Crippen LogP contribution in [0.3, 0.4) is 0 Å². The molecule has 38 heavy (non-hydrogen) atoms. The molecule has 0 radical (unpaired) electrons. The van der Waals surface area contributed by atoms with E-state index in [0.29, 0.717) is 36.5 Å². The number of carbonyl (C=O) groups is 1. The molecular formula is C28H32FNO5S3. The number of aromatic nitrogens is 1. The highest BCUT2D eigenvalue weighted by Crippen LogP contribution is 2.25. The summed E-state index contributed by atoms with van der Waals surface area (Å²) in [7, 11) is 0. The predicted octanol–water partition coefficient (Wildman–Crippen LogP) is 6.25. The Morgan fingerprint density at radius 3 is 2.32 bits per heavy atom. The molecule has 0 N–H and O–H groups in total. The minimum atomic E-state index is -0.636. The summed E-state index contributed by atoms with van der Waals surface area (Å²) in [5.41, 5.74) is 1.21. The second-order valence-electron chi connectivity index (χ2n) is 8.26. The van der Waals surface area contributed by atoms with Crippen LogP contribution in [0.4, 0.5) is 4.39 Å². The zero-order valence-corrected chi connectivity index (χ0v) is 24.1. The van der Waals surface area contributed by atoms with E-state index in [0.717, 1.165) is 40.1 Å². The maximum Gasteiger partial charge on any atom is 0.345 e. The Balaban J connectivity index is 1.34. The smallest absolute Gasteiger partial charge is 0.345 e. The molecule has 0 aliphatic carbocycles. The van der Waals surface area contributed by atoms with E-state index in [4.69, 9.17) is 13.9 Å². The zero-order valence-electron chi connectivity index (χ0n) is 21.6. The Hall–Kier alpha value is -2.43. The number of thioether (sulfide) groups is 3. The molecule has 3 aromatic rings. The van der Waals surface area contributed by atoms with E-state index in [1.165, 1.54) is 6.07 Å². The first kappa shape index (κ1) is 30.1. The van der Waals surface area contributed by atoms with Gasteiger partial charge in [0, 0.05) is 57.1 Å². The quantitative estimate of drug-likeness (QED) is 0.111. The lowest BCUT2D eigenvalue weighted by molar-refractivity contribution is -0.138. The van der Waals surface area contributed by atoms with Crippen LogP contribution in [0.25, 0.3) is 22.2 Å². The molecule has 0 saturated carbocycles. The van der Waals surface area contributed by atoms with Crippen LogP contribution in [0.15, 0.2) is 57.8 Å². The van der Waals surface area contributed by atoms with Crippen molar-refractivity contribution >= 4 is 52.4 Å². The number of ether oxygens (including phenoxy) is 2. The molecule has 1 aromatic carbocycles. The highest BCUT2D eigenvalue weighted by molar-refractivity contribution is 8.04. The lowest BCUT2D eigenvalue weighted by Crippen LogP contribution is -2.08. The van der Waals surface area contributed by atoms with Crippen molar-refractivity contribution in [2.24, 2.45) is 0 Å². The van der Waals surface area contributed by atoms with Gasteiger partial charge in [0.15, 0.2) is 0 Å². The van der Waals surface area contributed by atoms with Crippen LogP contribution in [-0.4, -0.2) is 58.7 Å². The van der Waals surface area contributed by atoms with Crippen LogP contribution in [0, 0.1) is 5.82 Å². The monoisotopic (exact) mass is 577 g/mol. The van der Waals surface area contributed by atoms with E-state index in [2.05, 4.69) is 11.6 Å². The van der Waals surface area contributed by atoms with E-state index in [1.807, 2.05) is 24.8 Å². The van der Waals surface area contributed by atoms with Crippen LogP contribution >= 0.6 is 35.3 Å². The fourth-order valence-electron chi connectivity index (χ4n) is 3.31. The number of nitrogens with zero attached hydrogens (tertiary/aromatic N) is 1. The van der Waals surface area contributed by atoms with E-state index in [-0.39, 0.29) is 22.8 Å². The second-order valence-corrected chi connectivity index (χ2v) is 11.9. The lowest BCUT2D eigenvalue weighted by atomic mass is 10.0. The number of hydrogen-bond acceptors (Lipinski definition) is 9. The molecule has 0 saturated heterocycles. The first-order valence-corrected chi connectivity index (χ1v) is 15.8. The van der Waals surface area contributed by atoms with Crippen LogP contribution in [0.5, 0.6) is 5.88 Å². The molecule has 10 heteroatoms. The number of benzene rings is 1. The van der Waals surface area contributed by atoms with Crippen LogP contribution in [0.1, 0.15) is 19.4 Å². The Bertz CT molecular complexity index is 1300. The lowest BCUT2D eigenvalue weighted by Gasteiger charge is -2.08. The number of pyridine rings is 1. The summed E-state index contributed by atoms with van der Waals surface area (Å²) < 4.78 is 30.7. The molecule has 0 unspecified atom stereocenters. The van der Waals surface area contributed by atoms with Gasteiger partial charge >= 0.3 is 11.6 Å². The Morgan fingerprint density at radius 2 is 1.66 bits per heavy atom. The van der Waals surface area contributed by atoms with Gasteiger partial charge in [0.2, 0.25) is 11.6 Å². The Labute approximate surface area is 235 Å². The van der Waals surface area contributed by atoms with Gasteiger partial charge in [-0.1, -0.05) is 25.6 Å².